The topological polar surface area (TPSA) is 80.5 Å². The number of hydrogen-bond donors (Lipinski definition) is 1. The van der Waals surface area contributed by atoms with E-state index in [1.54, 1.807) is 19.2 Å². The lowest BCUT2D eigenvalue weighted by Gasteiger charge is -2.28. The predicted molar refractivity (Wildman–Crippen MR) is 84.5 cm³/mol. The lowest BCUT2D eigenvalue weighted by atomic mass is 9.80. The van der Waals surface area contributed by atoms with Gasteiger partial charge in [0.15, 0.2) is 0 Å². The van der Waals surface area contributed by atoms with Crippen LogP contribution in [0.1, 0.15) is 34.1 Å². The number of hydrogen-bond acceptors (Lipinski definition) is 3. The number of rotatable bonds is 4. The lowest BCUT2D eigenvalue weighted by Crippen LogP contribution is -2.31. The molecule has 21 heavy (non-hydrogen) atoms. The van der Waals surface area contributed by atoms with Crippen molar-refractivity contribution in [1.82, 2.24) is 0 Å². The quantitative estimate of drug-likeness (QED) is 0.926. The number of carbonyl (C=O) groups excluding carboxylic acids is 1. The molecule has 0 bridgehead atoms. The molecule has 0 heterocycles. The molecule has 1 aromatic carbocycles. The fourth-order valence-electron chi connectivity index (χ4n) is 1.71. The Morgan fingerprint density at radius 1 is 1.24 bits per heavy atom. The summed E-state index contributed by atoms with van der Waals surface area (Å²) >= 11 is 0. The van der Waals surface area contributed by atoms with Gasteiger partial charge in [-0.25, -0.2) is 13.6 Å². The van der Waals surface area contributed by atoms with Crippen LogP contribution in [0.5, 0.6) is 0 Å². The Hall–Kier alpha value is -1.40. The number of primary sulfonamides is 1. The van der Waals surface area contributed by atoms with Gasteiger partial charge in [0, 0.05) is 19.2 Å². The van der Waals surface area contributed by atoms with Crippen molar-refractivity contribution in [2.24, 2.45) is 16.5 Å². The molecule has 0 fully saturated rings. The highest BCUT2D eigenvalue weighted by molar-refractivity contribution is 7.89. The third-order valence-electron chi connectivity index (χ3n) is 3.89. The maximum Gasteiger partial charge on any atom is 0.238 e. The Labute approximate surface area is 127 Å². The van der Waals surface area contributed by atoms with E-state index in [1.807, 2.05) is 0 Å². The molecule has 1 aromatic rings. The molecule has 5 nitrogen and oxygen atoms in total. The Bertz CT molecular complexity index is 601. The third-order valence-corrected chi connectivity index (χ3v) is 4.82. The summed E-state index contributed by atoms with van der Waals surface area (Å²) in [5.41, 5.74) is 0.710. The van der Waals surface area contributed by atoms with Crippen LogP contribution < -0.4 is 10.0 Å². The molecular formula is C15H24N2O3S. The Kier molecular flexibility index (Phi) is 5.17. The molecule has 118 valence electrons. The van der Waals surface area contributed by atoms with Crippen molar-refractivity contribution in [2.45, 2.75) is 39.0 Å². The molecule has 0 saturated carbocycles. The third kappa shape index (κ3) is 4.82. The van der Waals surface area contributed by atoms with Crippen molar-refractivity contribution in [3.05, 3.63) is 24.3 Å². The van der Waals surface area contributed by atoms with Crippen molar-refractivity contribution in [1.29, 1.82) is 0 Å². The molecule has 6 heteroatoms. The van der Waals surface area contributed by atoms with Gasteiger partial charge in [-0.05, 0) is 35.6 Å². The van der Waals surface area contributed by atoms with Crippen LogP contribution in [-0.4, -0.2) is 21.4 Å². The second-order valence-electron chi connectivity index (χ2n) is 6.46. The summed E-state index contributed by atoms with van der Waals surface area (Å²) in [5, 5.41) is 5.05. The molecule has 2 N–H and O–H groups in total. The maximum atomic E-state index is 12.3. The van der Waals surface area contributed by atoms with Gasteiger partial charge in [-0.2, -0.15) is 0 Å². The summed E-state index contributed by atoms with van der Waals surface area (Å²) in [5.74, 6) is 0.247. The first-order valence-corrected chi connectivity index (χ1v) is 8.37. The summed E-state index contributed by atoms with van der Waals surface area (Å²) in [6.45, 7) is 8.36. The van der Waals surface area contributed by atoms with Crippen molar-refractivity contribution >= 4 is 21.6 Å². The molecule has 0 radical (unpaired) electrons. The number of carbonyl (C=O) groups is 1. The van der Waals surface area contributed by atoms with Crippen molar-refractivity contribution in [3.63, 3.8) is 0 Å². The fourth-order valence-corrected chi connectivity index (χ4v) is 2.22. The van der Waals surface area contributed by atoms with Gasteiger partial charge in [-0.3, -0.25) is 4.79 Å². The molecule has 0 aromatic heterocycles. The highest BCUT2D eigenvalue weighted by Crippen LogP contribution is 2.29. The Balaban J connectivity index is 2.84. The van der Waals surface area contributed by atoms with Crippen LogP contribution in [-0.2, 0) is 14.8 Å². The van der Waals surface area contributed by atoms with E-state index in [1.165, 1.54) is 17.0 Å². The van der Waals surface area contributed by atoms with E-state index in [4.69, 9.17) is 5.14 Å². The average molecular weight is 312 g/mol. The molecule has 1 unspecified atom stereocenters. The number of benzene rings is 1. The van der Waals surface area contributed by atoms with Gasteiger partial charge < -0.3 is 4.90 Å². The van der Waals surface area contributed by atoms with Gasteiger partial charge in [-0.1, -0.05) is 27.7 Å². The Morgan fingerprint density at radius 3 is 2.10 bits per heavy atom. The largest absolute Gasteiger partial charge is 0.315 e. The normalized spacial score (nSPS) is 13.8. The van der Waals surface area contributed by atoms with E-state index < -0.39 is 10.0 Å². The van der Waals surface area contributed by atoms with Gasteiger partial charge in [0.2, 0.25) is 15.9 Å². The standard InChI is InChI=1S/C15H24N2O3S/c1-11(15(2,3)4)10-14(18)17(5)12-6-8-13(9-7-12)21(16,19)20/h6-9,11H,10H2,1-5H3,(H2,16,19,20). The molecule has 1 atom stereocenters. The van der Waals surface area contributed by atoms with Crippen molar-refractivity contribution in [3.8, 4) is 0 Å². The zero-order chi connectivity index (χ0) is 16.4. The zero-order valence-corrected chi connectivity index (χ0v) is 14.1. The molecule has 1 amide bonds. The second-order valence-corrected chi connectivity index (χ2v) is 8.02. The van der Waals surface area contributed by atoms with Gasteiger partial charge in [0.25, 0.3) is 0 Å². The molecule has 0 aliphatic carbocycles. The second kappa shape index (κ2) is 6.15. The van der Waals surface area contributed by atoms with Crippen LogP contribution in [0.15, 0.2) is 29.2 Å². The van der Waals surface area contributed by atoms with Gasteiger partial charge in [0.05, 0.1) is 4.90 Å². The number of nitrogens with two attached hydrogens (primary N) is 1. The van der Waals surface area contributed by atoms with Gasteiger partial charge in [0.1, 0.15) is 0 Å². The minimum absolute atomic E-state index is 0.000723. The zero-order valence-electron chi connectivity index (χ0n) is 13.3. The first-order chi connectivity index (χ1) is 9.43. The van der Waals surface area contributed by atoms with Crippen LogP contribution in [0.2, 0.25) is 0 Å². The molecule has 0 saturated heterocycles. The summed E-state index contributed by atoms with van der Waals surface area (Å²) in [6.07, 6.45) is 0.441. The monoisotopic (exact) mass is 312 g/mol. The van der Waals surface area contributed by atoms with E-state index in [-0.39, 0.29) is 22.1 Å². The van der Waals surface area contributed by atoms with Crippen molar-refractivity contribution < 1.29 is 13.2 Å². The Morgan fingerprint density at radius 2 is 1.71 bits per heavy atom. The summed E-state index contributed by atoms with van der Waals surface area (Å²) in [6, 6.07) is 5.97. The van der Waals surface area contributed by atoms with Crippen LogP contribution in [0.3, 0.4) is 0 Å². The van der Waals surface area contributed by atoms with Crippen LogP contribution in [0, 0.1) is 11.3 Å². The molecule has 0 aliphatic heterocycles. The fraction of sp³-hybridized carbons (Fsp3) is 0.533. The van der Waals surface area contributed by atoms with Crippen LogP contribution >= 0.6 is 0 Å². The number of sulfonamides is 1. The van der Waals surface area contributed by atoms with Crippen LogP contribution in [0.4, 0.5) is 5.69 Å². The van der Waals surface area contributed by atoms with E-state index >= 15 is 0 Å². The summed E-state index contributed by atoms with van der Waals surface area (Å²) in [7, 11) is -2.02. The first kappa shape index (κ1) is 17.7. The van der Waals surface area contributed by atoms with Gasteiger partial charge in [-0.15, -0.1) is 0 Å². The van der Waals surface area contributed by atoms with E-state index in [2.05, 4.69) is 27.7 Å². The summed E-state index contributed by atoms with van der Waals surface area (Å²) in [4.78, 5) is 13.8. The summed E-state index contributed by atoms with van der Waals surface area (Å²) < 4.78 is 22.4. The van der Waals surface area contributed by atoms with Crippen LogP contribution in [0.25, 0.3) is 0 Å². The average Bonchev–Trinajstić information content (AvgIpc) is 2.35. The minimum Gasteiger partial charge on any atom is -0.315 e. The minimum atomic E-state index is -3.71. The van der Waals surface area contributed by atoms with E-state index in [9.17, 15) is 13.2 Å². The number of nitrogens with zero attached hydrogens (tertiary/aromatic N) is 1. The smallest absolute Gasteiger partial charge is 0.238 e. The lowest BCUT2D eigenvalue weighted by molar-refractivity contribution is -0.119. The maximum absolute atomic E-state index is 12.3. The first-order valence-electron chi connectivity index (χ1n) is 6.82. The molecule has 1 rings (SSSR count). The highest BCUT2D eigenvalue weighted by atomic mass is 32.2. The predicted octanol–water partition coefficient (Wildman–Crippen LogP) is 2.37. The highest BCUT2D eigenvalue weighted by Gasteiger charge is 2.24. The number of anilines is 1. The SMILES string of the molecule is CC(CC(=O)N(C)c1ccc(S(N)(=O)=O)cc1)C(C)(C)C. The molecular weight excluding hydrogens is 288 g/mol. The van der Waals surface area contributed by atoms with Gasteiger partial charge >= 0.3 is 0 Å². The number of amides is 1. The molecule has 0 spiro atoms. The van der Waals surface area contributed by atoms with E-state index in [0.29, 0.717) is 12.1 Å². The van der Waals surface area contributed by atoms with E-state index in [0.717, 1.165) is 0 Å². The molecule has 0 aliphatic rings. The van der Waals surface area contributed by atoms with Crippen molar-refractivity contribution in [2.75, 3.05) is 11.9 Å².